The number of rotatable bonds is 1. The SMILES string of the molecule is O=C1CCOC(c2ccccc2)O1. The number of cyclic esters (lactones) is 1. The zero-order valence-corrected chi connectivity index (χ0v) is 7.10. The molecule has 1 aliphatic heterocycles. The second kappa shape index (κ2) is 3.58. The molecular weight excluding hydrogens is 168 g/mol. The lowest BCUT2D eigenvalue weighted by molar-refractivity contribution is -0.199. The molecule has 0 bridgehead atoms. The monoisotopic (exact) mass is 178 g/mol. The maximum absolute atomic E-state index is 10.9. The van der Waals surface area contributed by atoms with Gasteiger partial charge in [0.05, 0.1) is 13.0 Å². The maximum atomic E-state index is 10.9. The van der Waals surface area contributed by atoms with Gasteiger partial charge in [-0.25, -0.2) is 0 Å². The summed E-state index contributed by atoms with van der Waals surface area (Å²) in [6.07, 6.45) is -0.161. The topological polar surface area (TPSA) is 35.5 Å². The quantitative estimate of drug-likeness (QED) is 0.613. The molecule has 1 fully saturated rings. The maximum Gasteiger partial charge on any atom is 0.310 e. The Labute approximate surface area is 76.3 Å². The third-order valence-electron chi connectivity index (χ3n) is 1.89. The van der Waals surface area contributed by atoms with E-state index in [4.69, 9.17) is 9.47 Å². The van der Waals surface area contributed by atoms with Gasteiger partial charge in [0.15, 0.2) is 0 Å². The fraction of sp³-hybridized carbons (Fsp3) is 0.300. The molecule has 0 aliphatic carbocycles. The van der Waals surface area contributed by atoms with E-state index in [-0.39, 0.29) is 5.97 Å². The van der Waals surface area contributed by atoms with Crippen LogP contribution in [0.15, 0.2) is 30.3 Å². The van der Waals surface area contributed by atoms with Crippen molar-refractivity contribution < 1.29 is 14.3 Å². The molecular formula is C10H10O3. The summed E-state index contributed by atoms with van der Waals surface area (Å²) < 4.78 is 10.3. The normalized spacial score (nSPS) is 22.5. The fourth-order valence-corrected chi connectivity index (χ4v) is 1.24. The van der Waals surface area contributed by atoms with E-state index in [0.717, 1.165) is 5.56 Å². The van der Waals surface area contributed by atoms with Crippen LogP contribution in [0.25, 0.3) is 0 Å². The van der Waals surface area contributed by atoms with Gasteiger partial charge in [-0.2, -0.15) is 0 Å². The molecule has 0 spiro atoms. The molecule has 1 aromatic carbocycles. The van der Waals surface area contributed by atoms with Gasteiger partial charge < -0.3 is 9.47 Å². The van der Waals surface area contributed by atoms with Crippen molar-refractivity contribution in [2.45, 2.75) is 12.7 Å². The molecule has 3 nitrogen and oxygen atoms in total. The van der Waals surface area contributed by atoms with Gasteiger partial charge in [-0.1, -0.05) is 30.3 Å². The minimum absolute atomic E-state index is 0.194. The average Bonchev–Trinajstić information content (AvgIpc) is 2.19. The number of carbonyl (C=O) groups excluding carboxylic acids is 1. The van der Waals surface area contributed by atoms with Crippen LogP contribution in [0.2, 0.25) is 0 Å². The average molecular weight is 178 g/mol. The predicted molar refractivity (Wildman–Crippen MR) is 45.8 cm³/mol. The number of benzene rings is 1. The number of ether oxygens (including phenoxy) is 2. The van der Waals surface area contributed by atoms with Crippen LogP contribution < -0.4 is 0 Å². The third kappa shape index (κ3) is 1.87. The van der Waals surface area contributed by atoms with E-state index in [0.29, 0.717) is 13.0 Å². The van der Waals surface area contributed by atoms with Gasteiger partial charge in [-0.3, -0.25) is 4.79 Å². The van der Waals surface area contributed by atoms with Gasteiger partial charge >= 0.3 is 5.97 Å². The Hall–Kier alpha value is -1.35. The molecule has 0 aromatic heterocycles. The summed E-state index contributed by atoms with van der Waals surface area (Å²) in [5.41, 5.74) is 0.885. The first-order chi connectivity index (χ1) is 6.36. The van der Waals surface area contributed by atoms with E-state index in [9.17, 15) is 4.79 Å². The van der Waals surface area contributed by atoms with Crippen LogP contribution in [0.5, 0.6) is 0 Å². The molecule has 68 valence electrons. The predicted octanol–water partition coefficient (Wildman–Crippen LogP) is 1.65. The lowest BCUT2D eigenvalue weighted by Crippen LogP contribution is -2.22. The summed E-state index contributed by atoms with van der Waals surface area (Å²) in [7, 11) is 0. The highest BCUT2D eigenvalue weighted by Gasteiger charge is 2.21. The number of carbonyl (C=O) groups is 1. The Morgan fingerprint density at radius 3 is 2.69 bits per heavy atom. The second-order valence-corrected chi connectivity index (χ2v) is 2.85. The molecule has 13 heavy (non-hydrogen) atoms. The molecule has 1 aliphatic rings. The molecule has 0 radical (unpaired) electrons. The van der Waals surface area contributed by atoms with Gasteiger partial charge in [0.2, 0.25) is 6.29 Å². The molecule has 2 rings (SSSR count). The standard InChI is InChI=1S/C10H10O3/c11-9-6-7-12-10(13-9)8-4-2-1-3-5-8/h1-5,10H,6-7H2. The summed E-state index contributed by atoms with van der Waals surface area (Å²) in [6.45, 7) is 0.443. The number of hydrogen-bond acceptors (Lipinski definition) is 3. The Bertz CT molecular complexity index is 294. The molecule has 0 amide bonds. The van der Waals surface area contributed by atoms with Gasteiger partial charge in [-0.15, -0.1) is 0 Å². The molecule has 1 aromatic rings. The van der Waals surface area contributed by atoms with Crippen LogP contribution in [0.3, 0.4) is 0 Å². The van der Waals surface area contributed by atoms with Crippen molar-refractivity contribution in [3.05, 3.63) is 35.9 Å². The van der Waals surface area contributed by atoms with E-state index in [2.05, 4.69) is 0 Å². The van der Waals surface area contributed by atoms with Crippen molar-refractivity contribution in [2.24, 2.45) is 0 Å². The van der Waals surface area contributed by atoms with E-state index >= 15 is 0 Å². The van der Waals surface area contributed by atoms with Crippen molar-refractivity contribution in [1.82, 2.24) is 0 Å². The van der Waals surface area contributed by atoms with Crippen molar-refractivity contribution in [3.63, 3.8) is 0 Å². The lowest BCUT2D eigenvalue weighted by atomic mass is 10.2. The fourth-order valence-electron chi connectivity index (χ4n) is 1.24. The van der Waals surface area contributed by atoms with Gasteiger partial charge in [0.1, 0.15) is 0 Å². The Morgan fingerprint density at radius 2 is 2.00 bits per heavy atom. The summed E-state index contributed by atoms with van der Waals surface area (Å²) in [5.74, 6) is -0.194. The number of esters is 1. The van der Waals surface area contributed by atoms with Crippen LogP contribution in [0, 0.1) is 0 Å². The number of hydrogen-bond donors (Lipinski definition) is 0. The minimum Gasteiger partial charge on any atom is -0.431 e. The Kier molecular flexibility index (Phi) is 2.27. The third-order valence-corrected chi connectivity index (χ3v) is 1.89. The van der Waals surface area contributed by atoms with Crippen LogP contribution in [-0.4, -0.2) is 12.6 Å². The highest BCUT2D eigenvalue weighted by Crippen LogP contribution is 2.22. The zero-order valence-electron chi connectivity index (χ0n) is 7.10. The van der Waals surface area contributed by atoms with E-state index in [1.54, 1.807) is 0 Å². The first-order valence-corrected chi connectivity index (χ1v) is 4.22. The van der Waals surface area contributed by atoms with Crippen LogP contribution in [-0.2, 0) is 14.3 Å². The van der Waals surface area contributed by atoms with Crippen molar-refractivity contribution in [2.75, 3.05) is 6.61 Å². The highest BCUT2D eigenvalue weighted by atomic mass is 16.7. The molecule has 1 heterocycles. The summed E-state index contributed by atoms with van der Waals surface area (Å²) in [6, 6.07) is 9.45. The molecule has 1 atom stereocenters. The van der Waals surface area contributed by atoms with Crippen LogP contribution >= 0.6 is 0 Å². The summed E-state index contributed by atoms with van der Waals surface area (Å²) in [4.78, 5) is 10.9. The molecule has 1 unspecified atom stereocenters. The Balaban J connectivity index is 2.13. The van der Waals surface area contributed by atoms with Crippen LogP contribution in [0.4, 0.5) is 0 Å². The highest BCUT2D eigenvalue weighted by molar-refractivity contribution is 5.70. The van der Waals surface area contributed by atoms with Gasteiger partial charge in [0.25, 0.3) is 0 Å². The largest absolute Gasteiger partial charge is 0.431 e. The minimum atomic E-state index is -0.512. The van der Waals surface area contributed by atoms with Crippen molar-refractivity contribution >= 4 is 5.97 Å². The van der Waals surface area contributed by atoms with Crippen molar-refractivity contribution in [1.29, 1.82) is 0 Å². The molecule has 1 saturated heterocycles. The smallest absolute Gasteiger partial charge is 0.310 e. The lowest BCUT2D eigenvalue weighted by Gasteiger charge is -2.22. The van der Waals surface area contributed by atoms with Crippen LogP contribution in [0.1, 0.15) is 18.3 Å². The second-order valence-electron chi connectivity index (χ2n) is 2.85. The first kappa shape index (κ1) is 8.26. The molecule has 3 heteroatoms. The van der Waals surface area contributed by atoms with Gasteiger partial charge in [0, 0.05) is 5.56 Å². The molecule has 0 saturated carbocycles. The van der Waals surface area contributed by atoms with E-state index in [1.807, 2.05) is 30.3 Å². The van der Waals surface area contributed by atoms with Gasteiger partial charge in [-0.05, 0) is 0 Å². The zero-order chi connectivity index (χ0) is 9.10. The summed E-state index contributed by atoms with van der Waals surface area (Å²) in [5, 5.41) is 0. The molecule has 0 N–H and O–H groups in total. The Morgan fingerprint density at radius 1 is 1.23 bits per heavy atom. The van der Waals surface area contributed by atoms with Crippen molar-refractivity contribution in [3.8, 4) is 0 Å². The first-order valence-electron chi connectivity index (χ1n) is 4.22. The van der Waals surface area contributed by atoms with E-state index < -0.39 is 6.29 Å². The van der Waals surface area contributed by atoms with E-state index in [1.165, 1.54) is 0 Å². The summed E-state index contributed by atoms with van der Waals surface area (Å²) >= 11 is 0.